The Bertz CT molecular complexity index is 275. The van der Waals surface area contributed by atoms with Crippen LogP contribution in [0.1, 0.15) is 38.5 Å². The van der Waals surface area contributed by atoms with Crippen molar-refractivity contribution >= 4 is 5.78 Å². The standard InChI is InChI=1S/C11H14O/c12-10-6-8-3-1-2-7-4-5-9(10)11(7)8/h7-8H,1-6H2. The van der Waals surface area contributed by atoms with E-state index in [0.29, 0.717) is 11.7 Å². The van der Waals surface area contributed by atoms with Crippen LogP contribution in [0.5, 0.6) is 0 Å². The summed E-state index contributed by atoms with van der Waals surface area (Å²) in [4.78, 5) is 11.5. The van der Waals surface area contributed by atoms with Crippen LogP contribution in [0.4, 0.5) is 0 Å². The fourth-order valence-electron chi connectivity index (χ4n) is 3.37. The molecule has 12 heavy (non-hydrogen) atoms. The summed E-state index contributed by atoms with van der Waals surface area (Å²) in [7, 11) is 0. The van der Waals surface area contributed by atoms with Crippen molar-refractivity contribution in [2.75, 3.05) is 0 Å². The maximum absolute atomic E-state index is 11.5. The average molecular weight is 162 g/mol. The van der Waals surface area contributed by atoms with Gasteiger partial charge in [0.25, 0.3) is 0 Å². The number of ketones is 1. The second-order valence-corrected chi connectivity index (χ2v) is 4.42. The Morgan fingerprint density at radius 1 is 1.08 bits per heavy atom. The van der Waals surface area contributed by atoms with Crippen molar-refractivity contribution in [1.29, 1.82) is 0 Å². The molecule has 3 rings (SSSR count). The van der Waals surface area contributed by atoms with E-state index in [1.54, 1.807) is 5.57 Å². The zero-order valence-electron chi connectivity index (χ0n) is 7.31. The highest BCUT2D eigenvalue weighted by Gasteiger charge is 2.41. The molecule has 0 aliphatic heterocycles. The second-order valence-electron chi connectivity index (χ2n) is 4.42. The molecule has 1 fully saturated rings. The summed E-state index contributed by atoms with van der Waals surface area (Å²) in [6.45, 7) is 0. The lowest BCUT2D eigenvalue weighted by atomic mass is 9.79. The molecule has 2 unspecified atom stereocenters. The maximum Gasteiger partial charge on any atom is 0.159 e. The third-order valence-electron chi connectivity index (χ3n) is 3.84. The normalized spacial score (nSPS) is 39.2. The largest absolute Gasteiger partial charge is 0.295 e. The van der Waals surface area contributed by atoms with Crippen LogP contribution in [0.2, 0.25) is 0 Å². The van der Waals surface area contributed by atoms with Crippen LogP contribution in [-0.2, 0) is 4.79 Å². The lowest BCUT2D eigenvalue weighted by Gasteiger charge is -2.26. The summed E-state index contributed by atoms with van der Waals surface area (Å²) in [6.07, 6.45) is 7.27. The number of hydrogen-bond acceptors (Lipinski definition) is 1. The number of carbonyl (C=O) groups excluding carboxylic acids is 1. The van der Waals surface area contributed by atoms with Gasteiger partial charge >= 0.3 is 0 Å². The first-order chi connectivity index (χ1) is 5.86. The molecule has 0 saturated heterocycles. The Kier molecular flexibility index (Phi) is 1.27. The van der Waals surface area contributed by atoms with Gasteiger partial charge in [-0.3, -0.25) is 4.79 Å². The fourth-order valence-corrected chi connectivity index (χ4v) is 3.37. The van der Waals surface area contributed by atoms with Gasteiger partial charge in [-0.2, -0.15) is 0 Å². The summed E-state index contributed by atoms with van der Waals surface area (Å²) in [5, 5.41) is 0. The molecule has 0 N–H and O–H groups in total. The molecule has 0 bridgehead atoms. The van der Waals surface area contributed by atoms with E-state index in [1.165, 1.54) is 31.3 Å². The quantitative estimate of drug-likeness (QED) is 0.534. The van der Waals surface area contributed by atoms with Crippen LogP contribution in [0.25, 0.3) is 0 Å². The molecule has 0 aromatic heterocycles. The average Bonchev–Trinajstić information content (AvgIpc) is 2.60. The summed E-state index contributed by atoms with van der Waals surface area (Å²) in [5.41, 5.74) is 2.86. The minimum Gasteiger partial charge on any atom is -0.295 e. The first-order valence-electron chi connectivity index (χ1n) is 5.12. The lowest BCUT2D eigenvalue weighted by molar-refractivity contribution is -0.115. The summed E-state index contributed by atoms with van der Waals surface area (Å²) < 4.78 is 0. The number of hydrogen-bond donors (Lipinski definition) is 0. The molecule has 3 aliphatic rings. The molecule has 1 heteroatoms. The van der Waals surface area contributed by atoms with E-state index in [-0.39, 0.29) is 0 Å². The molecular weight excluding hydrogens is 148 g/mol. The lowest BCUT2D eigenvalue weighted by Crippen LogP contribution is -2.14. The van der Waals surface area contributed by atoms with Gasteiger partial charge in [0.2, 0.25) is 0 Å². The van der Waals surface area contributed by atoms with Crippen molar-refractivity contribution in [2.45, 2.75) is 38.5 Å². The molecule has 0 amide bonds. The number of allylic oxidation sites excluding steroid dienone is 2. The van der Waals surface area contributed by atoms with Crippen LogP contribution in [0.15, 0.2) is 11.1 Å². The minimum absolute atomic E-state index is 0.486. The van der Waals surface area contributed by atoms with E-state index in [0.717, 1.165) is 18.8 Å². The number of Topliss-reactive ketones (excluding diaryl/α,β-unsaturated/α-hetero) is 1. The Hall–Kier alpha value is -0.590. The maximum atomic E-state index is 11.5. The fraction of sp³-hybridized carbons (Fsp3) is 0.727. The third-order valence-corrected chi connectivity index (χ3v) is 3.84. The zero-order valence-corrected chi connectivity index (χ0v) is 7.31. The zero-order chi connectivity index (χ0) is 8.13. The van der Waals surface area contributed by atoms with E-state index < -0.39 is 0 Å². The van der Waals surface area contributed by atoms with E-state index in [4.69, 9.17) is 0 Å². The van der Waals surface area contributed by atoms with Crippen LogP contribution < -0.4 is 0 Å². The van der Waals surface area contributed by atoms with Crippen molar-refractivity contribution in [3.05, 3.63) is 11.1 Å². The Balaban J connectivity index is 2.06. The number of carbonyl (C=O) groups is 1. The molecule has 1 nitrogen and oxygen atoms in total. The first kappa shape index (κ1) is 6.88. The SMILES string of the molecule is O=C1CC2CCCC3CCC1=C32. The minimum atomic E-state index is 0.486. The molecular formula is C11H14O. The number of rotatable bonds is 0. The molecule has 0 radical (unpaired) electrons. The highest BCUT2D eigenvalue weighted by atomic mass is 16.1. The molecule has 0 aromatic rings. The topological polar surface area (TPSA) is 17.1 Å². The molecule has 0 aromatic carbocycles. The molecule has 2 atom stereocenters. The molecule has 3 aliphatic carbocycles. The summed E-state index contributed by atoms with van der Waals surface area (Å²) in [5.74, 6) is 2.00. The summed E-state index contributed by atoms with van der Waals surface area (Å²) in [6, 6.07) is 0. The van der Waals surface area contributed by atoms with Crippen LogP contribution in [0.3, 0.4) is 0 Å². The molecule has 1 saturated carbocycles. The van der Waals surface area contributed by atoms with Crippen molar-refractivity contribution in [2.24, 2.45) is 11.8 Å². The van der Waals surface area contributed by atoms with Gasteiger partial charge in [-0.15, -0.1) is 0 Å². The molecule has 0 spiro atoms. The highest BCUT2D eigenvalue weighted by molar-refractivity contribution is 5.99. The van der Waals surface area contributed by atoms with Gasteiger partial charge in [0, 0.05) is 6.42 Å². The van der Waals surface area contributed by atoms with E-state index in [2.05, 4.69) is 0 Å². The third kappa shape index (κ3) is 0.720. The van der Waals surface area contributed by atoms with Crippen LogP contribution in [0, 0.1) is 11.8 Å². The van der Waals surface area contributed by atoms with Crippen molar-refractivity contribution in [3.8, 4) is 0 Å². The van der Waals surface area contributed by atoms with Crippen molar-refractivity contribution in [1.82, 2.24) is 0 Å². The monoisotopic (exact) mass is 162 g/mol. The molecule has 64 valence electrons. The Labute approximate surface area is 72.8 Å². The van der Waals surface area contributed by atoms with E-state index >= 15 is 0 Å². The second kappa shape index (κ2) is 2.21. The van der Waals surface area contributed by atoms with Gasteiger partial charge in [0.05, 0.1) is 0 Å². The smallest absolute Gasteiger partial charge is 0.159 e. The van der Waals surface area contributed by atoms with E-state index in [1.807, 2.05) is 0 Å². The van der Waals surface area contributed by atoms with Gasteiger partial charge in [-0.25, -0.2) is 0 Å². The van der Waals surface area contributed by atoms with Gasteiger partial charge in [0.1, 0.15) is 0 Å². The molecule has 0 heterocycles. The highest BCUT2D eigenvalue weighted by Crippen LogP contribution is 2.50. The summed E-state index contributed by atoms with van der Waals surface area (Å²) >= 11 is 0. The van der Waals surface area contributed by atoms with Gasteiger partial charge < -0.3 is 0 Å². The van der Waals surface area contributed by atoms with Crippen molar-refractivity contribution in [3.63, 3.8) is 0 Å². The first-order valence-corrected chi connectivity index (χ1v) is 5.12. The predicted octanol–water partition coefficient (Wildman–Crippen LogP) is 2.47. The van der Waals surface area contributed by atoms with Crippen LogP contribution >= 0.6 is 0 Å². The van der Waals surface area contributed by atoms with Gasteiger partial charge in [-0.1, -0.05) is 12.0 Å². The van der Waals surface area contributed by atoms with Crippen molar-refractivity contribution < 1.29 is 4.79 Å². The van der Waals surface area contributed by atoms with Gasteiger partial charge in [0.15, 0.2) is 5.78 Å². The van der Waals surface area contributed by atoms with Crippen LogP contribution in [-0.4, -0.2) is 5.78 Å². The predicted molar refractivity (Wildman–Crippen MR) is 46.7 cm³/mol. The van der Waals surface area contributed by atoms with Gasteiger partial charge in [-0.05, 0) is 43.1 Å². The van der Waals surface area contributed by atoms with E-state index in [9.17, 15) is 4.79 Å². The Morgan fingerprint density at radius 3 is 2.83 bits per heavy atom. The Morgan fingerprint density at radius 2 is 1.92 bits per heavy atom.